The van der Waals surface area contributed by atoms with Crippen molar-refractivity contribution in [2.24, 2.45) is 5.92 Å². The fourth-order valence-electron chi connectivity index (χ4n) is 11.7. The van der Waals surface area contributed by atoms with E-state index in [2.05, 4.69) is 223 Å². The number of rotatable bonds is 6. The highest BCUT2D eigenvalue weighted by Gasteiger charge is 2.45. The lowest BCUT2D eigenvalue weighted by molar-refractivity contribution is -0.719. The van der Waals surface area contributed by atoms with Crippen LogP contribution in [0.3, 0.4) is 0 Å². The number of hydrogen-bond donors (Lipinski definition) is 0. The topological polar surface area (TPSA) is 12.7 Å². The smallest absolute Gasteiger partial charge is 0.195 e. The van der Waals surface area contributed by atoms with Crippen LogP contribution in [-0.2, 0) is 12.8 Å². The molecule has 0 spiro atoms. The van der Waals surface area contributed by atoms with Crippen LogP contribution in [0.4, 0.5) is 0 Å². The van der Waals surface area contributed by atoms with E-state index in [0.717, 1.165) is 31.4 Å². The second-order valence-corrected chi connectivity index (χ2v) is 26.5. The van der Waals surface area contributed by atoms with E-state index < -0.39 is 8.07 Å². The van der Waals surface area contributed by atoms with Crippen LogP contribution in [0.15, 0.2) is 183 Å². The Morgan fingerprint density at radius 2 is 1.39 bits per heavy atom. The standard InChI is InChI=1S/C62H57N3SSi/c1-40(2)35-46-37-57-49-25-14-13-24-48(49)50-32-29-44-30-34-52-51-33-31-45(42-19-9-7-10-20-42)38-58(51)66-61(52)60(44)62-64(41(3)36-56(50)63(57)39-59(46)67(4,5)6)54-27-17-18-28-55(54)65(62)53-26-16-15-23-47(53)43-21-11-8-12-22-43/h7-28,30-31,33-34,37-40,50,56H,3,29,32,35-36H2,1-2,4-6H3/q+2. The first-order valence-corrected chi connectivity index (χ1v) is 28.5. The minimum absolute atomic E-state index is 0.186. The number of aromatic nitrogens is 3. The number of imidazole rings is 1. The van der Waals surface area contributed by atoms with Crippen molar-refractivity contribution in [1.29, 1.82) is 0 Å². The minimum atomic E-state index is -1.73. The molecule has 328 valence electrons. The Bertz CT molecular complexity index is 3570. The van der Waals surface area contributed by atoms with Gasteiger partial charge in [0.25, 0.3) is 0 Å². The summed E-state index contributed by atoms with van der Waals surface area (Å²) in [6.07, 6.45) is 6.50. The molecule has 7 aromatic carbocycles. The molecule has 5 heterocycles. The molecule has 12 rings (SSSR count). The van der Waals surface area contributed by atoms with E-state index in [1.165, 1.54) is 98.5 Å². The zero-order chi connectivity index (χ0) is 45.6. The van der Waals surface area contributed by atoms with Gasteiger partial charge in [0.1, 0.15) is 11.4 Å². The lowest BCUT2D eigenvalue weighted by atomic mass is 9.77. The molecule has 0 radical (unpaired) electrons. The van der Waals surface area contributed by atoms with Gasteiger partial charge in [-0.2, -0.15) is 13.7 Å². The Morgan fingerprint density at radius 3 is 2.16 bits per heavy atom. The van der Waals surface area contributed by atoms with Crippen LogP contribution in [0.5, 0.6) is 0 Å². The van der Waals surface area contributed by atoms with Crippen molar-refractivity contribution in [3.8, 4) is 50.6 Å². The fourth-order valence-corrected chi connectivity index (χ4v) is 14.7. The van der Waals surface area contributed by atoms with E-state index in [9.17, 15) is 0 Å². The fraction of sp³-hybridized carbons (Fsp3) is 0.194. The van der Waals surface area contributed by atoms with Crippen LogP contribution < -0.4 is 14.3 Å². The summed E-state index contributed by atoms with van der Waals surface area (Å²) in [5.74, 6) is 2.06. The van der Waals surface area contributed by atoms with Gasteiger partial charge in [0, 0.05) is 43.8 Å². The number of para-hydroxylation sites is 3. The summed E-state index contributed by atoms with van der Waals surface area (Å²) in [5, 5.41) is 4.20. The zero-order valence-corrected chi connectivity index (χ0v) is 41.1. The first-order chi connectivity index (χ1) is 32.6. The number of nitrogens with zero attached hydrogens (tertiary/aromatic N) is 3. The summed E-state index contributed by atoms with van der Waals surface area (Å²) in [5.41, 5.74) is 18.0. The SMILES string of the molecule is C=C1CC2C(CCc3ccc4c(sc5cc(-c6ccccc6)ccc54)c3-c3n(-c4ccccc4-c4ccccc4)c4ccccc4[n+]31)c1ccccc1-c1cc(CC(C)C)c([Si](C)(C)C)c[n+]12. The van der Waals surface area contributed by atoms with Gasteiger partial charge < -0.3 is 0 Å². The Hall–Kier alpha value is -6.66. The average molecular weight is 904 g/mol. The molecule has 3 nitrogen and oxygen atoms in total. The summed E-state index contributed by atoms with van der Waals surface area (Å²) in [6, 6.07) is 63.9. The third kappa shape index (κ3) is 6.97. The molecule has 0 saturated heterocycles. The van der Waals surface area contributed by atoms with Crippen molar-refractivity contribution in [3.05, 3.63) is 199 Å². The molecule has 5 heteroatoms. The van der Waals surface area contributed by atoms with Gasteiger partial charge in [0.15, 0.2) is 23.3 Å². The van der Waals surface area contributed by atoms with Crippen LogP contribution in [0.2, 0.25) is 19.6 Å². The summed E-state index contributed by atoms with van der Waals surface area (Å²) >= 11 is 1.95. The largest absolute Gasteiger partial charge is 0.301 e. The molecule has 0 fully saturated rings. The summed E-state index contributed by atoms with van der Waals surface area (Å²) < 4.78 is 10.5. The maximum atomic E-state index is 5.20. The highest BCUT2D eigenvalue weighted by molar-refractivity contribution is 7.26. The third-order valence-corrected chi connectivity index (χ3v) is 17.9. The van der Waals surface area contributed by atoms with Gasteiger partial charge >= 0.3 is 5.82 Å². The van der Waals surface area contributed by atoms with Gasteiger partial charge in [-0.3, -0.25) is 0 Å². The molecular formula is C62H57N3SSi+2. The van der Waals surface area contributed by atoms with Crippen molar-refractivity contribution in [2.45, 2.75) is 71.1 Å². The molecule has 3 aromatic heterocycles. The van der Waals surface area contributed by atoms with Crippen LogP contribution in [0, 0.1) is 5.92 Å². The van der Waals surface area contributed by atoms with Crippen LogP contribution in [0.25, 0.3) is 87.5 Å². The Kier molecular flexibility index (Phi) is 10.1. The van der Waals surface area contributed by atoms with Crippen molar-refractivity contribution >= 4 is 61.5 Å². The monoisotopic (exact) mass is 903 g/mol. The molecule has 2 unspecified atom stereocenters. The van der Waals surface area contributed by atoms with Gasteiger partial charge in [-0.25, -0.2) is 0 Å². The van der Waals surface area contributed by atoms with Gasteiger partial charge in [0.2, 0.25) is 5.69 Å². The molecular weight excluding hydrogens is 847 g/mol. The Balaban J connectivity index is 1.16. The van der Waals surface area contributed by atoms with Gasteiger partial charge in [0.05, 0.1) is 24.8 Å². The first kappa shape index (κ1) is 41.7. The maximum absolute atomic E-state index is 5.20. The van der Waals surface area contributed by atoms with Crippen LogP contribution in [0.1, 0.15) is 55.3 Å². The molecule has 0 bridgehead atoms. The van der Waals surface area contributed by atoms with Crippen molar-refractivity contribution < 1.29 is 9.13 Å². The number of allylic oxidation sites excluding steroid dienone is 1. The molecule has 0 aliphatic carbocycles. The number of benzene rings is 7. The lowest BCUT2D eigenvalue weighted by Gasteiger charge is -2.33. The second kappa shape index (κ2) is 16.3. The lowest BCUT2D eigenvalue weighted by Crippen LogP contribution is -2.54. The third-order valence-electron chi connectivity index (χ3n) is 14.7. The number of fused-ring (bicyclic) bond motifs is 15. The second-order valence-electron chi connectivity index (χ2n) is 20.4. The predicted octanol–water partition coefficient (Wildman–Crippen LogP) is 15.1. The number of aryl methyl sites for hydroxylation is 1. The Labute approximate surface area is 400 Å². The molecule has 67 heavy (non-hydrogen) atoms. The van der Waals surface area contributed by atoms with Gasteiger partial charge in [-0.05, 0) is 88.9 Å². The molecule has 2 atom stereocenters. The van der Waals surface area contributed by atoms with Crippen molar-refractivity contribution in [1.82, 2.24) is 4.57 Å². The van der Waals surface area contributed by atoms with E-state index in [-0.39, 0.29) is 6.04 Å². The predicted molar refractivity (Wildman–Crippen MR) is 286 cm³/mol. The average Bonchev–Trinajstić information content (AvgIpc) is 3.89. The maximum Gasteiger partial charge on any atom is 0.301 e. The summed E-state index contributed by atoms with van der Waals surface area (Å²) in [4.78, 5) is 0. The first-order valence-electron chi connectivity index (χ1n) is 24.2. The molecule has 2 aliphatic heterocycles. The minimum Gasteiger partial charge on any atom is -0.195 e. The molecule has 0 N–H and O–H groups in total. The highest BCUT2D eigenvalue weighted by atomic mass is 32.1. The highest BCUT2D eigenvalue weighted by Crippen LogP contribution is 2.49. The summed E-state index contributed by atoms with van der Waals surface area (Å²) in [6.45, 7) is 17.5. The quantitative estimate of drug-likeness (QED) is 0.116. The normalized spacial score (nSPS) is 15.9. The van der Waals surface area contributed by atoms with Gasteiger partial charge in [-0.15, -0.1) is 11.3 Å². The number of hydrogen-bond acceptors (Lipinski definition) is 1. The summed E-state index contributed by atoms with van der Waals surface area (Å²) in [7, 11) is -1.73. The van der Waals surface area contributed by atoms with Crippen molar-refractivity contribution in [2.75, 3.05) is 0 Å². The number of thiophene rings is 1. The molecule has 10 aromatic rings. The molecule has 0 amide bonds. The van der Waals surface area contributed by atoms with E-state index in [0.29, 0.717) is 11.8 Å². The van der Waals surface area contributed by atoms with E-state index >= 15 is 0 Å². The van der Waals surface area contributed by atoms with E-state index in [1.807, 2.05) is 11.3 Å². The molecule has 0 saturated carbocycles. The van der Waals surface area contributed by atoms with Crippen LogP contribution in [-0.4, -0.2) is 12.6 Å². The van der Waals surface area contributed by atoms with Crippen LogP contribution >= 0.6 is 11.3 Å². The van der Waals surface area contributed by atoms with Crippen molar-refractivity contribution in [3.63, 3.8) is 0 Å². The number of pyridine rings is 1. The molecule has 2 aliphatic rings. The van der Waals surface area contributed by atoms with Gasteiger partial charge in [-0.1, -0.05) is 174 Å². The zero-order valence-electron chi connectivity index (χ0n) is 39.3. The van der Waals surface area contributed by atoms with E-state index in [1.54, 1.807) is 5.19 Å². The van der Waals surface area contributed by atoms with E-state index in [4.69, 9.17) is 6.58 Å². The Morgan fingerprint density at radius 1 is 0.701 bits per heavy atom.